The van der Waals surface area contributed by atoms with E-state index in [0.29, 0.717) is 13.0 Å². The Hall–Kier alpha value is -3.08. The Labute approximate surface area is 153 Å². The van der Waals surface area contributed by atoms with Crippen molar-refractivity contribution >= 4 is 18.0 Å². The minimum atomic E-state index is -0.633. The number of hydrogen-bond acceptors (Lipinski definition) is 4. The molecule has 0 bridgehead atoms. The Balaban J connectivity index is 1.86. The van der Waals surface area contributed by atoms with Crippen molar-refractivity contribution in [3.8, 4) is 5.75 Å². The number of carbonyl (C=O) groups is 2. The van der Waals surface area contributed by atoms with Crippen LogP contribution in [0.25, 0.3) is 6.08 Å². The first kappa shape index (κ1) is 19.2. The first-order chi connectivity index (χ1) is 12.6. The van der Waals surface area contributed by atoms with E-state index in [4.69, 9.17) is 4.74 Å². The van der Waals surface area contributed by atoms with E-state index in [1.54, 1.807) is 13.0 Å². The zero-order valence-electron chi connectivity index (χ0n) is 15.0. The Kier molecular flexibility index (Phi) is 7.43. The summed E-state index contributed by atoms with van der Waals surface area (Å²) in [5, 5.41) is 2.61. The standard InChI is InChI=1S/C21H23NO4/c1-3-19(21(24)25-2)22-20(23)14-11-16-9-12-18(13-10-16)26-15-17-7-5-4-6-8-17/h4-14,19H,3,15H2,1-2H3,(H,22,23)/b14-11+. The quantitative estimate of drug-likeness (QED) is 0.584. The number of rotatable bonds is 8. The Bertz CT molecular complexity index is 738. The van der Waals surface area contributed by atoms with E-state index >= 15 is 0 Å². The summed E-state index contributed by atoms with van der Waals surface area (Å²) < 4.78 is 10.4. The van der Waals surface area contributed by atoms with Gasteiger partial charge in [-0.2, -0.15) is 0 Å². The van der Waals surface area contributed by atoms with Gasteiger partial charge in [0.25, 0.3) is 0 Å². The van der Waals surface area contributed by atoms with Gasteiger partial charge in [0.05, 0.1) is 7.11 Å². The lowest BCUT2D eigenvalue weighted by atomic mass is 10.2. The predicted octanol–water partition coefficient (Wildman–Crippen LogP) is 3.35. The molecule has 2 aromatic carbocycles. The summed E-state index contributed by atoms with van der Waals surface area (Å²) in [7, 11) is 1.30. The maximum Gasteiger partial charge on any atom is 0.328 e. The minimum Gasteiger partial charge on any atom is -0.489 e. The van der Waals surface area contributed by atoms with Crippen molar-refractivity contribution < 1.29 is 19.1 Å². The number of hydrogen-bond donors (Lipinski definition) is 1. The molecule has 0 spiro atoms. The molecule has 136 valence electrons. The van der Waals surface area contributed by atoms with Crippen LogP contribution < -0.4 is 10.1 Å². The van der Waals surface area contributed by atoms with Gasteiger partial charge in [0.2, 0.25) is 5.91 Å². The van der Waals surface area contributed by atoms with E-state index in [0.717, 1.165) is 16.9 Å². The topological polar surface area (TPSA) is 64.6 Å². The van der Waals surface area contributed by atoms with Gasteiger partial charge in [-0.3, -0.25) is 4.79 Å². The van der Waals surface area contributed by atoms with Crippen LogP contribution in [0.15, 0.2) is 60.7 Å². The molecule has 2 aromatic rings. The van der Waals surface area contributed by atoms with Gasteiger partial charge in [0.1, 0.15) is 18.4 Å². The molecule has 0 aliphatic rings. The van der Waals surface area contributed by atoms with Crippen LogP contribution in [0.3, 0.4) is 0 Å². The lowest BCUT2D eigenvalue weighted by molar-refractivity contribution is -0.144. The molecule has 0 saturated carbocycles. The third-order valence-electron chi connectivity index (χ3n) is 3.77. The zero-order valence-corrected chi connectivity index (χ0v) is 15.0. The van der Waals surface area contributed by atoms with E-state index < -0.39 is 12.0 Å². The first-order valence-corrected chi connectivity index (χ1v) is 8.45. The third-order valence-corrected chi connectivity index (χ3v) is 3.77. The zero-order chi connectivity index (χ0) is 18.8. The normalized spacial score (nSPS) is 11.8. The van der Waals surface area contributed by atoms with E-state index in [1.165, 1.54) is 13.2 Å². The van der Waals surface area contributed by atoms with E-state index in [2.05, 4.69) is 10.1 Å². The Morgan fingerprint density at radius 1 is 1.08 bits per heavy atom. The molecule has 26 heavy (non-hydrogen) atoms. The highest BCUT2D eigenvalue weighted by molar-refractivity contribution is 5.94. The molecule has 0 radical (unpaired) electrons. The molecule has 5 nitrogen and oxygen atoms in total. The van der Waals surface area contributed by atoms with Crippen molar-refractivity contribution in [1.82, 2.24) is 5.32 Å². The number of methoxy groups -OCH3 is 1. The van der Waals surface area contributed by atoms with Crippen molar-refractivity contribution in [2.24, 2.45) is 0 Å². The molecule has 2 rings (SSSR count). The summed E-state index contributed by atoms with van der Waals surface area (Å²) >= 11 is 0. The molecule has 5 heteroatoms. The molecule has 0 saturated heterocycles. The van der Waals surface area contributed by atoms with Crippen LogP contribution in [0.4, 0.5) is 0 Å². The summed E-state index contributed by atoms with van der Waals surface area (Å²) in [4.78, 5) is 23.4. The number of esters is 1. The van der Waals surface area contributed by atoms with Crippen LogP contribution in [0.2, 0.25) is 0 Å². The second-order valence-electron chi connectivity index (χ2n) is 5.67. The smallest absolute Gasteiger partial charge is 0.328 e. The molecule has 1 unspecified atom stereocenters. The molecule has 0 fully saturated rings. The van der Waals surface area contributed by atoms with Crippen LogP contribution in [0.1, 0.15) is 24.5 Å². The van der Waals surface area contributed by atoms with Crippen molar-refractivity contribution in [1.29, 1.82) is 0 Å². The molecular formula is C21H23NO4. The predicted molar refractivity (Wildman–Crippen MR) is 100 cm³/mol. The summed E-state index contributed by atoms with van der Waals surface area (Å²) in [6.45, 7) is 2.31. The molecule has 1 atom stereocenters. The number of nitrogens with one attached hydrogen (secondary N) is 1. The Morgan fingerprint density at radius 2 is 1.77 bits per heavy atom. The molecule has 0 aliphatic heterocycles. The van der Waals surface area contributed by atoms with Gasteiger partial charge in [0.15, 0.2) is 0 Å². The van der Waals surface area contributed by atoms with Gasteiger partial charge in [-0.1, -0.05) is 49.4 Å². The Morgan fingerprint density at radius 3 is 2.38 bits per heavy atom. The van der Waals surface area contributed by atoms with Crippen molar-refractivity contribution in [3.05, 3.63) is 71.8 Å². The van der Waals surface area contributed by atoms with Crippen LogP contribution in [-0.4, -0.2) is 25.0 Å². The summed E-state index contributed by atoms with van der Waals surface area (Å²) in [5.41, 5.74) is 1.96. The van der Waals surface area contributed by atoms with Crippen LogP contribution in [-0.2, 0) is 20.9 Å². The number of amides is 1. The van der Waals surface area contributed by atoms with Crippen LogP contribution >= 0.6 is 0 Å². The maximum atomic E-state index is 11.9. The largest absolute Gasteiger partial charge is 0.489 e. The van der Waals surface area contributed by atoms with Gasteiger partial charge in [-0.25, -0.2) is 4.79 Å². The van der Waals surface area contributed by atoms with Gasteiger partial charge in [0, 0.05) is 6.08 Å². The lowest BCUT2D eigenvalue weighted by Crippen LogP contribution is -2.40. The summed E-state index contributed by atoms with van der Waals surface area (Å²) in [6, 6.07) is 16.7. The van der Waals surface area contributed by atoms with Gasteiger partial charge < -0.3 is 14.8 Å². The summed E-state index contributed by atoms with van der Waals surface area (Å²) in [5.74, 6) is -0.0342. The average Bonchev–Trinajstić information content (AvgIpc) is 2.69. The average molecular weight is 353 g/mol. The monoisotopic (exact) mass is 353 g/mol. The second kappa shape index (κ2) is 10.0. The number of ether oxygens (including phenoxy) is 2. The lowest BCUT2D eigenvalue weighted by Gasteiger charge is -2.12. The van der Waals surface area contributed by atoms with E-state index in [-0.39, 0.29) is 5.91 Å². The molecule has 1 N–H and O–H groups in total. The van der Waals surface area contributed by atoms with Gasteiger partial charge in [-0.05, 0) is 35.8 Å². The number of carbonyl (C=O) groups excluding carboxylic acids is 2. The minimum absolute atomic E-state index is 0.341. The fourth-order valence-corrected chi connectivity index (χ4v) is 2.28. The fraction of sp³-hybridized carbons (Fsp3) is 0.238. The fourth-order valence-electron chi connectivity index (χ4n) is 2.28. The highest BCUT2D eigenvalue weighted by Gasteiger charge is 2.17. The van der Waals surface area contributed by atoms with Gasteiger partial charge >= 0.3 is 5.97 Å². The van der Waals surface area contributed by atoms with Crippen LogP contribution in [0.5, 0.6) is 5.75 Å². The van der Waals surface area contributed by atoms with Gasteiger partial charge in [-0.15, -0.1) is 0 Å². The third kappa shape index (κ3) is 6.09. The SMILES string of the molecule is CCC(NC(=O)/C=C/c1ccc(OCc2ccccc2)cc1)C(=O)OC. The number of benzene rings is 2. The van der Waals surface area contributed by atoms with Crippen molar-refractivity contribution in [2.45, 2.75) is 26.0 Å². The van der Waals surface area contributed by atoms with E-state index in [9.17, 15) is 9.59 Å². The highest BCUT2D eigenvalue weighted by atomic mass is 16.5. The first-order valence-electron chi connectivity index (χ1n) is 8.45. The second-order valence-corrected chi connectivity index (χ2v) is 5.67. The summed E-state index contributed by atoms with van der Waals surface area (Å²) in [6.07, 6.45) is 3.55. The maximum absolute atomic E-state index is 11.9. The molecule has 0 aromatic heterocycles. The van der Waals surface area contributed by atoms with Crippen LogP contribution in [0, 0.1) is 0 Å². The molecule has 0 aliphatic carbocycles. The van der Waals surface area contributed by atoms with E-state index in [1.807, 2.05) is 54.6 Å². The van der Waals surface area contributed by atoms with Crippen molar-refractivity contribution in [2.75, 3.05) is 7.11 Å². The molecule has 0 heterocycles. The van der Waals surface area contributed by atoms with Crippen molar-refractivity contribution in [3.63, 3.8) is 0 Å². The molecular weight excluding hydrogens is 330 g/mol. The molecule has 1 amide bonds. The highest BCUT2D eigenvalue weighted by Crippen LogP contribution is 2.15.